The monoisotopic (exact) mass is 465 g/mol. The maximum absolute atomic E-state index is 15.0. The molecule has 5 rings (SSSR count). The summed E-state index contributed by atoms with van der Waals surface area (Å²) in [6.45, 7) is -0.825. The van der Waals surface area contributed by atoms with Crippen molar-refractivity contribution in [2.75, 3.05) is 18.2 Å². The molecule has 1 aromatic carbocycles. The van der Waals surface area contributed by atoms with Crippen molar-refractivity contribution in [3.8, 4) is 0 Å². The lowest BCUT2D eigenvalue weighted by Gasteiger charge is -2.35. The molecule has 9 heteroatoms. The molecule has 2 aliphatic heterocycles. The highest BCUT2D eigenvalue weighted by molar-refractivity contribution is 8.16. The molecular formula is C21H18ClF2N3OS2. The van der Waals surface area contributed by atoms with Crippen LogP contribution in [-0.4, -0.2) is 38.9 Å². The Hall–Kier alpha value is -1.64. The minimum Gasteiger partial charge on any atom is -0.378 e. The van der Waals surface area contributed by atoms with Gasteiger partial charge in [0.2, 0.25) is 0 Å². The predicted octanol–water partition coefficient (Wildman–Crippen LogP) is 4.26. The molecule has 0 amide bonds. The van der Waals surface area contributed by atoms with E-state index in [9.17, 15) is 13.6 Å². The molecule has 1 aliphatic carbocycles. The Balaban J connectivity index is 1.51. The summed E-state index contributed by atoms with van der Waals surface area (Å²) in [6, 6.07) is 7.55. The lowest BCUT2D eigenvalue weighted by molar-refractivity contribution is 0.0988. The number of fused-ring (bicyclic) bond motifs is 1. The van der Waals surface area contributed by atoms with Crippen LogP contribution in [0.2, 0.25) is 5.02 Å². The fourth-order valence-electron chi connectivity index (χ4n) is 4.90. The van der Waals surface area contributed by atoms with Crippen LogP contribution in [0.4, 0.5) is 8.78 Å². The van der Waals surface area contributed by atoms with E-state index in [4.69, 9.17) is 17.3 Å². The molecule has 1 aromatic heterocycles. The number of benzene rings is 1. The van der Waals surface area contributed by atoms with E-state index in [2.05, 4.69) is 9.98 Å². The van der Waals surface area contributed by atoms with E-state index in [1.807, 2.05) is 11.8 Å². The van der Waals surface area contributed by atoms with Crippen LogP contribution in [-0.2, 0) is 12.0 Å². The molecule has 156 valence electrons. The van der Waals surface area contributed by atoms with Crippen molar-refractivity contribution < 1.29 is 13.6 Å². The van der Waals surface area contributed by atoms with Gasteiger partial charge in [-0.3, -0.25) is 9.78 Å². The fourth-order valence-corrected chi connectivity index (χ4v) is 8.57. The maximum atomic E-state index is 15.0. The number of hydrogen-bond donors (Lipinski definition) is 1. The number of hydrogen-bond acceptors (Lipinski definition) is 6. The normalized spacial score (nSPS) is 31.6. The molecule has 2 aromatic rings. The number of aromatic nitrogens is 1. The Labute approximate surface area is 186 Å². The number of amidine groups is 1. The third-order valence-electron chi connectivity index (χ3n) is 6.27. The van der Waals surface area contributed by atoms with Crippen molar-refractivity contribution in [1.29, 1.82) is 0 Å². The topological polar surface area (TPSA) is 68.3 Å². The molecular weight excluding hydrogens is 448 g/mol. The Kier molecular flexibility index (Phi) is 4.87. The number of ketones is 1. The first-order valence-corrected chi connectivity index (χ1v) is 11.9. The quantitative estimate of drug-likeness (QED) is 0.668. The van der Waals surface area contributed by atoms with Gasteiger partial charge in [0.15, 0.2) is 11.0 Å². The standard InChI is InChI=1S/C21H18ClF2N3OS2/c22-12-2-4-16(26-7-12)17(28)6-11-1-3-15(24)13(5-11)20(9-23)18-14-8-29-10-21(14,18)30-19(25)27-20/h1-5,7,14,18H,6,8-10H2,(H2,25,27)/t14-,18+,20-,21+/m1/s1. The first kappa shape index (κ1) is 20.3. The number of nitrogens with zero attached hydrogens (tertiary/aromatic N) is 2. The van der Waals surface area contributed by atoms with Crippen molar-refractivity contribution in [2.45, 2.75) is 16.7 Å². The van der Waals surface area contributed by atoms with Gasteiger partial charge in [-0.25, -0.2) is 13.8 Å². The molecule has 4 atom stereocenters. The van der Waals surface area contributed by atoms with E-state index < -0.39 is 18.0 Å². The number of nitrogens with two attached hydrogens (primary N) is 1. The van der Waals surface area contributed by atoms with Crippen LogP contribution in [0.15, 0.2) is 41.5 Å². The van der Waals surface area contributed by atoms with Crippen LogP contribution in [0.25, 0.3) is 0 Å². The summed E-state index contributed by atoms with van der Waals surface area (Å²) in [5.41, 5.74) is 5.80. The SMILES string of the molecule is NC1=N[C@](CF)(c2cc(CC(=O)c3ccc(Cl)cn3)ccc2F)[C@@H]2[C@H]3CSC[C@]32S1. The lowest BCUT2D eigenvalue weighted by Crippen LogP contribution is -2.41. The zero-order valence-electron chi connectivity index (χ0n) is 15.8. The molecule has 30 heavy (non-hydrogen) atoms. The van der Waals surface area contributed by atoms with Crippen LogP contribution < -0.4 is 5.73 Å². The van der Waals surface area contributed by atoms with Gasteiger partial charge < -0.3 is 5.73 Å². The highest BCUT2D eigenvalue weighted by atomic mass is 35.5. The van der Waals surface area contributed by atoms with E-state index in [0.29, 0.717) is 15.8 Å². The van der Waals surface area contributed by atoms with Crippen molar-refractivity contribution in [3.63, 3.8) is 0 Å². The number of carbonyl (C=O) groups excluding carboxylic acids is 1. The molecule has 1 saturated heterocycles. The largest absolute Gasteiger partial charge is 0.378 e. The molecule has 2 N–H and O–H groups in total. The minimum absolute atomic E-state index is 0.0211. The third kappa shape index (κ3) is 2.99. The summed E-state index contributed by atoms with van der Waals surface area (Å²) < 4.78 is 29.4. The smallest absolute Gasteiger partial charge is 0.185 e. The van der Waals surface area contributed by atoms with Gasteiger partial charge in [0.1, 0.15) is 23.7 Å². The molecule has 3 heterocycles. The van der Waals surface area contributed by atoms with E-state index >= 15 is 0 Å². The van der Waals surface area contributed by atoms with Gasteiger partial charge in [0, 0.05) is 34.6 Å². The number of halogens is 3. The van der Waals surface area contributed by atoms with Crippen LogP contribution in [0.5, 0.6) is 0 Å². The molecule has 4 nitrogen and oxygen atoms in total. The first-order chi connectivity index (χ1) is 14.4. The van der Waals surface area contributed by atoms with Crippen LogP contribution in [0.3, 0.4) is 0 Å². The first-order valence-electron chi connectivity index (χ1n) is 9.51. The maximum Gasteiger partial charge on any atom is 0.185 e. The number of Topliss-reactive ketones (excluding diaryl/α,β-unsaturated/α-hetero) is 1. The Morgan fingerprint density at radius 1 is 1.33 bits per heavy atom. The molecule has 1 saturated carbocycles. The molecule has 1 spiro atoms. The second-order valence-electron chi connectivity index (χ2n) is 7.94. The summed E-state index contributed by atoms with van der Waals surface area (Å²) >= 11 is 9.16. The molecule has 0 unspecified atom stereocenters. The zero-order valence-corrected chi connectivity index (χ0v) is 18.2. The van der Waals surface area contributed by atoms with E-state index in [-0.39, 0.29) is 40.0 Å². The van der Waals surface area contributed by atoms with Gasteiger partial charge in [-0.05, 0) is 41.5 Å². The van der Waals surface area contributed by atoms with Gasteiger partial charge in [0.25, 0.3) is 0 Å². The number of carbonyl (C=O) groups is 1. The summed E-state index contributed by atoms with van der Waals surface area (Å²) in [6.07, 6.45) is 1.43. The fraction of sp³-hybridized carbons (Fsp3) is 0.381. The molecule has 3 aliphatic rings. The highest BCUT2D eigenvalue weighted by Crippen LogP contribution is 2.74. The Morgan fingerprint density at radius 3 is 2.90 bits per heavy atom. The van der Waals surface area contributed by atoms with Crippen molar-refractivity contribution in [2.24, 2.45) is 22.6 Å². The van der Waals surface area contributed by atoms with Gasteiger partial charge in [-0.1, -0.05) is 29.4 Å². The van der Waals surface area contributed by atoms with E-state index in [1.165, 1.54) is 24.0 Å². The molecule has 0 radical (unpaired) electrons. The highest BCUT2D eigenvalue weighted by Gasteiger charge is 2.77. The van der Waals surface area contributed by atoms with Crippen molar-refractivity contribution in [1.82, 2.24) is 4.98 Å². The second-order valence-corrected chi connectivity index (χ2v) is 10.8. The van der Waals surface area contributed by atoms with Crippen molar-refractivity contribution in [3.05, 3.63) is 64.2 Å². The number of aliphatic imine (C=N–C) groups is 1. The van der Waals surface area contributed by atoms with Gasteiger partial charge in [-0.15, -0.1) is 0 Å². The average molecular weight is 466 g/mol. The summed E-state index contributed by atoms with van der Waals surface area (Å²) in [7, 11) is 0. The minimum atomic E-state index is -1.33. The number of alkyl halides is 1. The molecule has 0 bridgehead atoms. The number of pyridine rings is 1. The average Bonchev–Trinajstić information content (AvgIpc) is 3.18. The summed E-state index contributed by atoms with van der Waals surface area (Å²) in [5, 5.41) is 0.744. The predicted molar refractivity (Wildman–Crippen MR) is 118 cm³/mol. The second kappa shape index (κ2) is 7.21. The Bertz CT molecular complexity index is 1070. The Morgan fingerprint density at radius 2 is 2.17 bits per heavy atom. The van der Waals surface area contributed by atoms with Crippen molar-refractivity contribution >= 4 is 46.1 Å². The van der Waals surface area contributed by atoms with E-state index in [0.717, 1.165) is 11.5 Å². The van der Waals surface area contributed by atoms with E-state index in [1.54, 1.807) is 24.3 Å². The van der Waals surface area contributed by atoms with Gasteiger partial charge >= 0.3 is 0 Å². The zero-order chi connectivity index (χ0) is 21.1. The molecule has 2 fully saturated rings. The van der Waals surface area contributed by atoms with Crippen LogP contribution in [0.1, 0.15) is 21.6 Å². The summed E-state index contributed by atoms with van der Waals surface area (Å²) in [5.74, 6) is 1.20. The van der Waals surface area contributed by atoms with Crippen LogP contribution in [0, 0.1) is 17.7 Å². The number of rotatable bonds is 5. The third-order valence-corrected chi connectivity index (χ3v) is 9.33. The lowest BCUT2D eigenvalue weighted by atomic mass is 9.83. The number of thioether (sulfide) groups is 2. The summed E-state index contributed by atoms with van der Waals surface area (Å²) in [4.78, 5) is 21.1. The van der Waals surface area contributed by atoms with Gasteiger partial charge in [-0.2, -0.15) is 11.8 Å². The van der Waals surface area contributed by atoms with Crippen LogP contribution >= 0.6 is 35.1 Å². The van der Waals surface area contributed by atoms with Gasteiger partial charge in [0.05, 0.1) is 5.02 Å².